The van der Waals surface area contributed by atoms with Crippen molar-refractivity contribution >= 4 is 11.3 Å². The Morgan fingerprint density at radius 2 is 2.25 bits per heavy atom. The molecular weight excluding hydrogens is 214 g/mol. The van der Waals surface area contributed by atoms with Gasteiger partial charge in [-0.2, -0.15) is 0 Å². The van der Waals surface area contributed by atoms with Gasteiger partial charge in [-0.25, -0.2) is 0 Å². The van der Waals surface area contributed by atoms with Crippen LogP contribution >= 0.6 is 11.3 Å². The highest BCUT2D eigenvalue weighted by Gasteiger charge is 2.26. The first-order valence-corrected chi connectivity index (χ1v) is 7.23. The minimum atomic E-state index is 0.270. The molecule has 1 aromatic heterocycles. The molecule has 0 aliphatic heterocycles. The molecule has 1 aliphatic rings. The fraction of sp³-hybridized carbons (Fsp3) is 0.714. The fourth-order valence-corrected chi connectivity index (χ4v) is 2.97. The molecule has 1 aromatic rings. The Balaban J connectivity index is 1.79. The average molecular weight is 237 g/mol. The summed E-state index contributed by atoms with van der Waals surface area (Å²) in [6.45, 7) is 8.07. The molecule has 0 radical (unpaired) electrons. The maximum Gasteiger partial charge on any atom is 0.0115 e. The van der Waals surface area contributed by atoms with Crippen molar-refractivity contribution in [3.05, 3.63) is 22.4 Å². The first-order valence-electron chi connectivity index (χ1n) is 6.35. The molecule has 0 bridgehead atoms. The average Bonchev–Trinajstić information content (AvgIpc) is 2.86. The number of rotatable bonds is 6. The monoisotopic (exact) mass is 237 g/mol. The van der Waals surface area contributed by atoms with E-state index in [1.54, 1.807) is 0 Å². The van der Waals surface area contributed by atoms with Crippen molar-refractivity contribution < 1.29 is 0 Å². The van der Waals surface area contributed by atoms with E-state index in [-0.39, 0.29) is 5.41 Å². The Morgan fingerprint density at radius 1 is 1.50 bits per heavy atom. The molecule has 1 unspecified atom stereocenters. The molecule has 1 atom stereocenters. The molecular formula is C14H23NS. The SMILES string of the molecule is CC(CC1CC1)NCC(C)(C)c1cccs1. The third-order valence-electron chi connectivity index (χ3n) is 3.46. The van der Waals surface area contributed by atoms with Gasteiger partial charge in [0.25, 0.3) is 0 Å². The summed E-state index contributed by atoms with van der Waals surface area (Å²) >= 11 is 1.87. The van der Waals surface area contributed by atoms with Gasteiger partial charge in [-0.15, -0.1) is 11.3 Å². The fourth-order valence-electron chi connectivity index (χ4n) is 2.12. The molecule has 16 heavy (non-hydrogen) atoms. The van der Waals surface area contributed by atoms with E-state index in [1.165, 1.54) is 24.1 Å². The minimum Gasteiger partial charge on any atom is -0.313 e. The van der Waals surface area contributed by atoms with Crippen molar-refractivity contribution in [2.75, 3.05) is 6.54 Å². The van der Waals surface area contributed by atoms with Crippen molar-refractivity contribution in [2.45, 2.75) is 51.5 Å². The van der Waals surface area contributed by atoms with Crippen LogP contribution in [0.15, 0.2) is 17.5 Å². The van der Waals surface area contributed by atoms with Gasteiger partial charge in [-0.3, -0.25) is 0 Å². The number of nitrogens with one attached hydrogen (secondary N) is 1. The third-order valence-corrected chi connectivity index (χ3v) is 4.70. The lowest BCUT2D eigenvalue weighted by Gasteiger charge is -2.26. The number of thiophene rings is 1. The summed E-state index contributed by atoms with van der Waals surface area (Å²) in [5.74, 6) is 1.02. The predicted molar refractivity (Wildman–Crippen MR) is 72.2 cm³/mol. The van der Waals surface area contributed by atoms with Crippen molar-refractivity contribution in [1.29, 1.82) is 0 Å². The summed E-state index contributed by atoms with van der Waals surface area (Å²) in [6, 6.07) is 5.07. The first kappa shape index (κ1) is 12.1. The van der Waals surface area contributed by atoms with Crippen LogP contribution in [-0.2, 0) is 5.41 Å². The predicted octanol–water partition coefficient (Wildman–Crippen LogP) is 3.80. The van der Waals surface area contributed by atoms with Crippen molar-refractivity contribution in [3.8, 4) is 0 Å². The first-order chi connectivity index (χ1) is 7.58. The van der Waals surface area contributed by atoms with Crippen molar-refractivity contribution in [2.24, 2.45) is 5.92 Å². The molecule has 1 saturated carbocycles. The lowest BCUT2D eigenvalue weighted by Crippen LogP contribution is -2.37. The Kier molecular flexibility index (Phi) is 3.70. The molecule has 1 fully saturated rings. The number of hydrogen-bond acceptors (Lipinski definition) is 2. The Hall–Kier alpha value is -0.340. The van der Waals surface area contributed by atoms with Gasteiger partial charge in [0, 0.05) is 22.9 Å². The summed E-state index contributed by atoms with van der Waals surface area (Å²) in [4.78, 5) is 1.48. The smallest absolute Gasteiger partial charge is 0.0115 e. The van der Waals surface area contributed by atoms with Crippen LogP contribution in [0.4, 0.5) is 0 Å². The lowest BCUT2D eigenvalue weighted by atomic mass is 9.91. The zero-order valence-electron chi connectivity index (χ0n) is 10.6. The Morgan fingerprint density at radius 3 is 2.81 bits per heavy atom. The van der Waals surface area contributed by atoms with Crippen LogP contribution in [0.1, 0.15) is 44.9 Å². The summed E-state index contributed by atoms with van der Waals surface area (Å²) in [5.41, 5.74) is 0.270. The topological polar surface area (TPSA) is 12.0 Å². The molecule has 0 amide bonds. The van der Waals surface area contributed by atoms with E-state index >= 15 is 0 Å². The van der Waals surface area contributed by atoms with Crippen molar-refractivity contribution in [1.82, 2.24) is 5.32 Å². The zero-order valence-corrected chi connectivity index (χ0v) is 11.4. The third kappa shape index (κ3) is 3.33. The van der Waals surface area contributed by atoms with Gasteiger partial charge in [0.2, 0.25) is 0 Å². The van der Waals surface area contributed by atoms with Gasteiger partial charge in [0.15, 0.2) is 0 Å². The molecule has 2 heteroatoms. The lowest BCUT2D eigenvalue weighted by molar-refractivity contribution is 0.412. The summed E-state index contributed by atoms with van der Waals surface area (Å²) in [5, 5.41) is 5.86. The van der Waals surface area contributed by atoms with Crippen LogP contribution < -0.4 is 5.32 Å². The molecule has 1 N–H and O–H groups in total. The van der Waals surface area contributed by atoms with Gasteiger partial charge in [0.05, 0.1) is 0 Å². The van der Waals surface area contributed by atoms with E-state index in [4.69, 9.17) is 0 Å². The second-order valence-corrected chi connectivity index (χ2v) is 6.77. The van der Waals surface area contributed by atoms with Crippen LogP contribution in [0.2, 0.25) is 0 Å². The van der Waals surface area contributed by atoms with E-state index in [9.17, 15) is 0 Å². The van der Waals surface area contributed by atoms with Gasteiger partial charge in [-0.05, 0) is 30.7 Å². The van der Waals surface area contributed by atoms with Crippen LogP contribution in [0.25, 0.3) is 0 Å². The van der Waals surface area contributed by atoms with Gasteiger partial charge in [0.1, 0.15) is 0 Å². The van der Waals surface area contributed by atoms with Gasteiger partial charge >= 0.3 is 0 Å². The summed E-state index contributed by atoms with van der Waals surface area (Å²) in [6.07, 6.45) is 4.28. The number of hydrogen-bond donors (Lipinski definition) is 1. The summed E-state index contributed by atoms with van der Waals surface area (Å²) in [7, 11) is 0. The van der Waals surface area contributed by atoms with Gasteiger partial charge in [-0.1, -0.05) is 32.8 Å². The van der Waals surface area contributed by atoms with E-state index in [0.717, 1.165) is 12.5 Å². The Bertz CT molecular complexity index is 311. The van der Waals surface area contributed by atoms with Crippen molar-refractivity contribution in [3.63, 3.8) is 0 Å². The zero-order chi connectivity index (χ0) is 11.6. The molecule has 2 rings (SSSR count). The second kappa shape index (κ2) is 4.89. The molecule has 1 nitrogen and oxygen atoms in total. The highest BCUT2D eigenvalue weighted by atomic mass is 32.1. The van der Waals surface area contributed by atoms with Crippen LogP contribution in [0, 0.1) is 5.92 Å². The normalized spacial score (nSPS) is 18.7. The standard InChI is InChI=1S/C14H23NS/c1-11(9-12-6-7-12)15-10-14(2,3)13-5-4-8-16-13/h4-5,8,11-12,15H,6-7,9-10H2,1-3H3. The van der Waals surface area contributed by atoms with Crippen LogP contribution in [0.5, 0.6) is 0 Å². The second-order valence-electron chi connectivity index (χ2n) is 5.82. The maximum absolute atomic E-state index is 3.69. The van der Waals surface area contributed by atoms with Gasteiger partial charge < -0.3 is 5.32 Å². The summed E-state index contributed by atoms with van der Waals surface area (Å²) < 4.78 is 0. The highest BCUT2D eigenvalue weighted by molar-refractivity contribution is 7.10. The van der Waals surface area contributed by atoms with Crippen LogP contribution in [-0.4, -0.2) is 12.6 Å². The van der Waals surface area contributed by atoms with E-state index in [2.05, 4.69) is 43.6 Å². The van der Waals surface area contributed by atoms with E-state index in [0.29, 0.717) is 6.04 Å². The molecule has 0 saturated heterocycles. The van der Waals surface area contributed by atoms with Crippen LogP contribution in [0.3, 0.4) is 0 Å². The molecule has 0 aromatic carbocycles. The highest BCUT2D eigenvalue weighted by Crippen LogP contribution is 2.33. The largest absolute Gasteiger partial charge is 0.313 e. The quantitative estimate of drug-likeness (QED) is 0.793. The van der Waals surface area contributed by atoms with E-state index in [1.807, 2.05) is 11.3 Å². The maximum atomic E-state index is 3.69. The Labute approximate surface area is 103 Å². The minimum absolute atomic E-state index is 0.270. The molecule has 1 aliphatic carbocycles. The molecule has 1 heterocycles. The molecule has 0 spiro atoms. The van der Waals surface area contributed by atoms with E-state index < -0.39 is 0 Å². The molecule has 90 valence electrons.